The first-order valence-corrected chi connectivity index (χ1v) is 8.69. The fourth-order valence-corrected chi connectivity index (χ4v) is 3.45. The number of morpholine rings is 1. The zero-order valence-corrected chi connectivity index (χ0v) is 15.3. The van der Waals surface area contributed by atoms with Crippen LogP contribution in [0.4, 0.5) is 8.78 Å². The van der Waals surface area contributed by atoms with Crippen LogP contribution in [0.2, 0.25) is 0 Å². The Bertz CT molecular complexity index is 787. The third-order valence-corrected chi connectivity index (χ3v) is 4.77. The van der Waals surface area contributed by atoms with Crippen molar-refractivity contribution in [3.05, 3.63) is 59.2 Å². The summed E-state index contributed by atoms with van der Waals surface area (Å²) in [6, 6.07) is 8.74. The molecule has 0 spiro atoms. The highest BCUT2D eigenvalue weighted by atomic mass is 19.1. The number of methoxy groups -OCH3 is 2. The number of rotatable bonds is 6. The minimum atomic E-state index is -0.608. The normalized spacial score (nSPS) is 20.5. The zero-order valence-electron chi connectivity index (χ0n) is 15.3. The third kappa shape index (κ3) is 4.21. The third-order valence-electron chi connectivity index (χ3n) is 4.77. The van der Waals surface area contributed by atoms with Crippen LogP contribution in [0.1, 0.15) is 17.2 Å². The highest BCUT2D eigenvalue weighted by Crippen LogP contribution is 2.36. The number of hydrogen-bond donors (Lipinski definition) is 1. The highest BCUT2D eigenvalue weighted by molar-refractivity contribution is 5.44. The average Bonchev–Trinajstić information content (AvgIpc) is 2.69. The second-order valence-electron chi connectivity index (χ2n) is 6.36. The summed E-state index contributed by atoms with van der Waals surface area (Å²) in [6.07, 6.45) is -0.472. The molecule has 0 aromatic heterocycles. The maximum atomic E-state index is 14.1. The van der Waals surface area contributed by atoms with Gasteiger partial charge in [0.25, 0.3) is 0 Å². The molecule has 2 atom stereocenters. The first-order chi connectivity index (χ1) is 13.1. The second-order valence-corrected chi connectivity index (χ2v) is 6.36. The molecule has 1 aliphatic rings. The van der Waals surface area contributed by atoms with Crippen LogP contribution >= 0.6 is 0 Å². The summed E-state index contributed by atoms with van der Waals surface area (Å²) >= 11 is 0. The molecule has 0 bridgehead atoms. The number of halogens is 2. The molecule has 0 radical (unpaired) electrons. The molecule has 0 unspecified atom stereocenters. The van der Waals surface area contributed by atoms with Gasteiger partial charge in [0, 0.05) is 24.7 Å². The van der Waals surface area contributed by atoms with E-state index >= 15 is 0 Å². The van der Waals surface area contributed by atoms with Crippen LogP contribution < -0.4 is 9.47 Å². The molecule has 1 aliphatic heterocycles. The lowest BCUT2D eigenvalue weighted by atomic mass is 9.97. The maximum Gasteiger partial charge on any atom is 0.161 e. The van der Waals surface area contributed by atoms with E-state index < -0.39 is 17.7 Å². The number of ether oxygens (including phenoxy) is 3. The van der Waals surface area contributed by atoms with Gasteiger partial charge in [0.15, 0.2) is 11.5 Å². The number of aliphatic hydroxyl groups is 1. The Morgan fingerprint density at radius 3 is 2.56 bits per heavy atom. The number of nitrogens with zero attached hydrogens (tertiary/aromatic N) is 1. The Kier molecular flexibility index (Phi) is 6.26. The van der Waals surface area contributed by atoms with Gasteiger partial charge in [-0.05, 0) is 23.8 Å². The van der Waals surface area contributed by atoms with Crippen LogP contribution in [0.15, 0.2) is 36.4 Å². The number of aliphatic hydroxyl groups excluding tert-OH is 1. The van der Waals surface area contributed by atoms with E-state index in [2.05, 4.69) is 0 Å². The van der Waals surface area contributed by atoms with E-state index in [1.165, 1.54) is 12.1 Å². The molecule has 3 rings (SSSR count). The van der Waals surface area contributed by atoms with Crippen molar-refractivity contribution in [2.24, 2.45) is 0 Å². The summed E-state index contributed by atoms with van der Waals surface area (Å²) in [5, 5.41) is 9.79. The minimum Gasteiger partial charge on any atom is -0.493 e. The van der Waals surface area contributed by atoms with Crippen molar-refractivity contribution < 1.29 is 28.1 Å². The van der Waals surface area contributed by atoms with Crippen LogP contribution in [0.25, 0.3) is 0 Å². The van der Waals surface area contributed by atoms with Crippen molar-refractivity contribution in [3.63, 3.8) is 0 Å². The van der Waals surface area contributed by atoms with Gasteiger partial charge in [-0.25, -0.2) is 8.78 Å². The van der Waals surface area contributed by atoms with E-state index in [4.69, 9.17) is 14.2 Å². The van der Waals surface area contributed by atoms with Gasteiger partial charge in [-0.1, -0.05) is 12.1 Å². The van der Waals surface area contributed by atoms with Gasteiger partial charge in [0.05, 0.1) is 33.5 Å². The van der Waals surface area contributed by atoms with Gasteiger partial charge >= 0.3 is 0 Å². The van der Waals surface area contributed by atoms with Crippen LogP contribution in [-0.2, 0) is 11.3 Å². The molecule has 5 nitrogen and oxygen atoms in total. The summed E-state index contributed by atoms with van der Waals surface area (Å²) < 4.78 is 43.7. The lowest BCUT2D eigenvalue weighted by Gasteiger charge is -2.41. The van der Waals surface area contributed by atoms with Gasteiger partial charge in [0.2, 0.25) is 0 Å². The fraction of sp³-hybridized carbons (Fsp3) is 0.400. The zero-order chi connectivity index (χ0) is 19.4. The molecule has 1 saturated heterocycles. The lowest BCUT2D eigenvalue weighted by molar-refractivity contribution is -0.0963. The quantitative estimate of drug-likeness (QED) is 0.837. The van der Waals surface area contributed by atoms with E-state index in [0.717, 1.165) is 11.6 Å². The molecule has 2 aromatic carbocycles. The van der Waals surface area contributed by atoms with Crippen LogP contribution in [0.5, 0.6) is 11.5 Å². The number of hydrogen-bond acceptors (Lipinski definition) is 5. The van der Waals surface area contributed by atoms with Crippen LogP contribution in [-0.4, -0.2) is 50.1 Å². The standard InChI is InChI=1S/C20H23F2NO4/c1-25-17-6-4-13(9-18(17)26-2)20-19(12-24)27-8-7-23(20)11-14-3-5-15(21)10-16(14)22/h3-6,9-10,19-20,24H,7-8,11-12H2,1-2H3/t19-,20-/m1/s1. The van der Waals surface area contributed by atoms with E-state index in [9.17, 15) is 13.9 Å². The van der Waals surface area contributed by atoms with E-state index in [1.54, 1.807) is 20.3 Å². The van der Waals surface area contributed by atoms with E-state index in [0.29, 0.717) is 30.2 Å². The maximum absolute atomic E-state index is 14.1. The Morgan fingerprint density at radius 1 is 1.11 bits per heavy atom. The van der Waals surface area contributed by atoms with Crippen molar-refractivity contribution in [3.8, 4) is 11.5 Å². The van der Waals surface area contributed by atoms with Gasteiger partial charge < -0.3 is 19.3 Å². The van der Waals surface area contributed by atoms with Gasteiger partial charge in [-0.3, -0.25) is 4.90 Å². The SMILES string of the molecule is COc1ccc([C@@H]2[C@@H](CO)OCCN2Cc2ccc(F)cc2F)cc1OC. The predicted octanol–water partition coefficient (Wildman–Crippen LogP) is 2.92. The van der Waals surface area contributed by atoms with Crippen molar-refractivity contribution in [2.45, 2.75) is 18.7 Å². The molecular weight excluding hydrogens is 356 g/mol. The largest absolute Gasteiger partial charge is 0.493 e. The van der Waals surface area contributed by atoms with Gasteiger partial charge in [-0.15, -0.1) is 0 Å². The minimum absolute atomic E-state index is 0.179. The molecule has 0 aliphatic carbocycles. The first kappa shape index (κ1) is 19.5. The molecule has 0 amide bonds. The highest BCUT2D eigenvalue weighted by Gasteiger charge is 2.34. The molecule has 1 fully saturated rings. The lowest BCUT2D eigenvalue weighted by Crippen LogP contribution is -2.46. The summed E-state index contributed by atoms with van der Waals surface area (Å²) in [5.74, 6) is -0.0455. The summed E-state index contributed by atoms with van der Waals surface area (Å²) in [7, 11) is 3.11. The Balaban J connectivity index is 1.94. The molecule has 1 N–H and O–H groups in total. The molecule has 2 aromatic rings. The number of benzene rings is 2. The summed E-state index contributed by atoms with van der Waals surface area (Å²) in [4.78, 5) is 2.02. The van der Waals surface area contributed by atoms with Crippen molar-refractivity contribution in [1.29, 1.82) is 0 Å². The molecule has 27 heavy (non-hydrogen) atoms. The van der Waals surface area contributed by atoms with Gasteiger partial charge in [0.1, 0.15) is 17.7 Å². The van der Waals surface area contributed by atoms with Crippen molar-refractivity contribution in [1.82, 2.24) is 4.90 Å². The van der Waals surface area contributed by atoms with Gasteiger partial charge in [-0.2, -0.15) is 0 Å². The molecular formula is C20H23F2NO4. The van der Waals surface area contributed by atoms with E-state index in [-0.39, 0.29) is 19.2 Å². The van der Waals surface area contributed by atoms with E-state index in [1.807, 2.05) is 17.0 Å². The fourth-order valence-electron chi connectivity index (χ4n) is 3.45. The molecule has 7 heteroatoms. The predicted molar refractivity (Wildman–Crippen MR) is 95.9 cm³/mol. The van der Waals surface area contributed by atoms with Crippen molar-refractivity contribution in [2.75, 3.05) is 34.0 Å². The Morgan fingerprint density at radius 2 is 1.89 bits per heavy atom. The molecule has 0 saturated carbocycles. The average molecular weight is 379 g/mol. The molecule has 1 heterocycles. The molecule has 146 valence electrons. The first-order valence-electron chi connectivity index (χ1n) is 8.69. The van der Waals surface area contributed by atoms with Crippen LogP contribution in [0.3, 0.4) is 0 Å². The Hall–Kier alpha value is -2.22. The Labute approximate surface area is 157 Å². The summed E-state index contributed by atoms with van der Waals surface area (Å²) in [5.41, 5.74) is 1.24. The summed E-state index contributed by atoms with van der Waals surface area (Å²) in [6.45, 7) is 1.05. The van der Waals surface area contributed by atoms with Crippen molar-refractivity contribution >= 4 is 0 Å². The smallest absolute Gasteiger partial charge is 0.161 e. The second kappa shape index (κ2) is 8.65. The van der Waals surface area contributed by atoms with Crippen LogP contribution in [0, 0.1) is 11.6 Å². The monoisotopic (exact) mass is 379 g/mol. The topological polar surface area (TPSA) is 51.2 Å².